The maximum atomic E-state index is 15.4. The summed E-state index contributed by atoms with van der Waals surface area (Å²) in [6.07, 6.45) is 6.43. The minimum absolute atomic E-state index is 0.0287. The zero-order valence-corrected chi connectivity index (χ0v) is 31.4. The molecule has 53 heavy (non-hydrogen) atoms. The lowest BCUT2D eigenvalue weighted by Gasteiger charge is -2.37. The molecule has 16 heteroatoms. The number of alkyl halides is 2. The van der Waals surface area contributed by atoms with Crippen molar-refractivity contribution >= 4 is 23.7 Å². The molecule has 0 spiro atoms. The molecule has 7 unspecified atom stereocenters. The summed E-state index contributed by atoms with van der Waals surface area (Å²) in [5, 5.41) is 44.4. The predicted molar refractivity (Wildman–Crippen MR) is 197 cm³/mol. The van der Waals surface area contributed by atoms with Crippen LogP contribution < -0.4 is 22.1 Å². The van der Waals surface area contributed by atoms with Crippen LogP contribution in [0.3, 0.4) is 0 Å². The number of carboxylic acid groups (broad SMARTS) is 1. The number of nitrogens with two attached hydrogens (primary N) is 2. The van der Waals surface area contributed by atoms with E-state index in [9.17, 15) is 34.8 Å². The fourth-order valence-corrected chi connectivity index (χ4v) is 5.51. The normalized spacial score (nSPS) is 20.7. The molecule has 1 saturated heterocycles. The third-order valence-electron chi connectivity index (χ3n) is 9.40. The van der Waals surface area contributed by atoms with Crippen LogP contribution in [0.25, 0.3) is 0 Å². The van der Waals surface area contributed by atoms with Crippen molar-refractivity contribution in [2.75, 3.05) is 13.3 Å². The molecule has 0 aliphatic carbocycles. The number of aliphatic imine (C=N–C) groups is 1. The summed E-state index contributed by atoms with van der Waals surface area (Å²) in [5.74, 6) is -5.84. The van der Waals surface area contributed by atoms with E-state index in [1.807, 2.05) is 19.9 Å². The molecule has 1 aliphatic rings. The van der Waals surface area contributed by atoms with Gasteiger partial charge in [-0.3, -0.25) is 14.6 Å². The molecule has 0 radical (unpaired) electrons. The highest BCUT2D eigenvalue weighted by molar-refractivity contribution is 5.91. The Labute approximate surface area is 311 Å². The Morgan fingerprint density at radius 1 is 1.04 bits per heavy atom. The summed E-state index contributed by atoms with van der Waals surface area (Å²) in [5.41, 5.74) is 9.80. The molecule has 1 fully saturated rings. The molecule has 2 amide bonds. The fraction of sp³-hybridized carbons (Fsp3) is 0.676. The highest BCUT2D eigenvalue weighted by Crippen LogP contribution is 2.44. The van der Waals surface area contributed by atoms with Crippen LogP contribution >= 0.6 is 0 Å². The Morgan fingerprint density at radius 2 is 1.72 bits per heavy atom. The molecular formula is C37H61F2N5O9. The largest absolute Gasteiger partial charge is 0.480 e. The maximum absolute atomic E-state index is 15.4. The van der Waals surface area contributed by atoms with Crippen LogP contribution in [0.2, 0.25) is 0 Å². The van der Waals surface area contributed by atoms with Crippen molar-refractivity contribution in [3.63, 3.8) is 0 Å². The van der Waals surface area contributed by atoms with Gasteiger partial charge in [0, 0.05) is 30.4 Å². The Balaban J connectivity index is 2.46. The van der Waals surface area contributed by atoms with Crippen molar-refractivity contribution < 1.29 is 53.1 Å². The van der Waals surface area contributed by atoms with Gasteiger partial charge < -0.3 is 52.0 Å². The molecule has 1 aliphatic heterocycles. The van der Waals surface area contributed by atoms with Gasteiger partial charge in [-0.05, 0) is 64.7 Å². The number of rotatable bonds is 25. The van der Waals surface area contributed by atoms with Crippen LogP contribution in [0.15, 0.2) is 53.6 Å². The summed E-state index contributed by atoms with van der Waals surface area (Å²) < 4.78 is 41.6. The second-order valence-corrected chi connectivity index (χ2v) is 14.0. The number of aliphatic hydroxyl groups is 3. The summed E-state index contributed by atoms with van der Waals surface area (Å²) in [6.45, 7) is 9.97. The molecule has 0 aromatic carbocycles. The SMILES string of the molecule is C=C1CC(C(O)C(=O)NC(CCC(F)(F)C(C)(C)CCC(O)CCC\C=C/C=C\C=C\C(=O)NC(CCCN=C(N)N)C(=O)O)OCO)OC(C)C1C. The highest BCUT2D eigenvalue weighted by atomic mass is 19.3. The molecular weight excluding hydrogens is 696 g/mol. The van der Waals surface area contributed by atoms with Crippen LogP contribution in [0.5, 0.6) is 0 Å². The lowest BCUT2D eigenvalue weighted by molar-refractivity contribution is -0.157. The van der Waals surface area contributed by atoms with E-state index in [0.29, 0.717) is 25.7 Å². The van der Waals surface area contributed by atoms with Gasteiger partial charge in [-0.15, -0.1) is 0 Å². The minimum atomic E-state index is -3.21. The molecule has 14 nitrogen and oxygen atoms in total. The average Bonchev–Trinajstić information content (AvgIpc) is 3.08. The number of aliphatic hydroxyl groups excluding tert-OH is 3. The van der Waals surface area contributed by atoms with E-state index in [0.717, 1.165) is 5.57 Å². The van der Waals surface area contributed by atoms with Crippen LogP contribution in [-0.2, 0) is 23.9 Å². The van der Waals surface area contributed by atoms with Gasteiger partial charge in [-0.2, -0.15) is 0 Å². The molecule has 0 aromatic rings. The number of nitrogens with zero attached hydrogens (tertiary/aromatic N) is 1. The van der Waals surface area contributed by atoms with Gasteiger partial charge in [0.15, 0.2) is 12.1 Å². The molecule has 1 heterocycles. The Bertz CT molecular complexity index is 1290. The van der Waals surface area contributed by atoms with Crippen LogP contribution in [0.1, 0.15) is 91.9 Å². The lowest BCUT2D eigenvalue weighted by Crippen LogP contribution is -2.51. The number of nitrogens with one attached hydrogen (secondary N) is 2. The Morgan fingerprint density at radius 3 is 2.34 bits per heavy atom. The first-order valence-electron chi connectivity index (χ1n) is 18.0. The molecule has 302 valence electrons. The number of amides is 2. The van der Waals surface area contributed by atoms with E-state index in [-0.39, 0.29) is 56.6 Å². The van der Waals surface area contributed by atoms with Gasteiger partial charge in [0.1, 0.15) is 19.1 Å². The first kappa shape index (κ1) is 47.3. The van der Waals surface area contributed by atoms with Gasteiger partial charge in [0.05, 0.1) is 18.3 Å². The molecule has 0 aromatic heterocycles. The number of unbranched alkanes of at least 4 members (excludes halogenated alkanes) is 1. The summed E-state index contributed by atoms with van der Waals surface area (Å²) in [6, 6.07) is -1.08. The zero-order chi connectivity index (χ0) is 40.2. The number of aliphatic carboxylic acids is 1. The molecule has 7 atom stereocenters. The fourth-order valence-electron chi connectivity index (χ4n) is 5.51. The quantitative estimate of drug-likeness (QED) is 0.0128. The standard InChI is InChI=1S/C37H61F2N5O9/c1-24-22-29(53-26(3)25(24)2)32(48)33(49)44-31(52-23-45)18-20-37(38,39)36(4,5)19-17-27(46)14-11-9-7-6-8-10-12-16-30(47)43-28(34(50)51)15-13-21-42-35(40)41/h6-8,10,12,16,25-29,31-32,45-46,48H,1,9,11,13-15,17-23H2,2-5H3,(H,43,47)(H,44,49)(H,50,51)(H4,40,41,42)/b7-6-,10-8-,16-12+. The van der Waals surface area contributed by atoms with Gasteiger partial charge in [-0.1, -0.05) is 63.3 Å². The topological polar surface area (TPSA) is 239 Å². The second-order valence-electron chi connectivity index (χ2n) is 14.0. The van der Waals surface area contributed by atoms with Crippen molar-refractivity contribution in [3.05, 3.63) is 48.6 Å². The van der Waals surface area contributed by atoms with Crippen molar-refractivity contribution in [1.29, 1.82) is 0 Å². The number of hydrogen-bond donors (Lipinski definition) is 8. The monoisotopic (exact) mass is 757 g/mol. The van der Waals surface area contributed by atoms with Crippen molar-refractivity contribution in [2.24, 2.45) is 27.8 Å². The number of carbonyl (C=O) groups is 3. The van der Waals surface area contributed by atoms with Gasteiger partial charge in [-0.25, -0.2) is 13.6 Å². The maximum Gasteiger partial charge on any atom is 0.326 e. The number of hydrogen-bond acceptors (Lipinski definition) is 9. The molecule has 0 saturated carbocycles. The van der Waals surface area contributed by atoms with E-state index in [1.54, 1.807) is 18.2 Å². The lowest BCUT2D eigenvalue weighted by atomic mass is 9.78. The molecule has 1 rings (SSSR count). The summed E-state index contributed by atoms with van der Waals surface area (Å²) in [7, 11) is 0. The van der Waals surface area contributed by atoms with E-state index in [4.69, 9.17) is 20.9 Å². The van der Waals surface area contributed by atoms with Gasteiger partial charge in [0.2, 0.25) is 5.91 Å². The van der Waals surface area contributed by atoms with Crippen LogP contribution in [0, 0.1) is 11.3 Å². The number of ether oxygens (including phenoxy) is 2. The number of guanidine groups is 1. The van der Waals surface area contributed by atoms with E-state index in [2.05, 4.69) is 22.2 Å². The van der Waals surface area contributed by atoms with Crippen molar-refractivity contribution in [2.45, 2.75) is 135 Å². The highest BCUT2D eigenvalue weighted by Gasteiger charge is 2.46. The van der Waals surface area contributed by atoms with E-state index < -0.39 is 72.9 Å². The summed E-state index contributed by atoms with van der Waals surface area (Å²) >= 11 is 0. The minimum Gasteiger partial charge on any atom is -0.480 e. The first-order valence-corrected chi connectivity index (χ1v) is 18.0. The van der Waals surface area contributed by atoms with Crippen LogP contribution in [-0.4, -0.2) is 100 Å². The number of carbonyl (C=O) groups excluding carboxylic acids is 2. The third kappa shape index (κ3) is 18.3. The average molecular weight is 758 g/mol. The zero-order valence-electron chi connectivity index (χ0n) is 31.4. The molecule has 0 bridgehead atoms. The van der Waals surface area contributed by atoms with Crippen molar-refractivity contribution in [1.82, 2.24) is 10.6 Å². The number of allylic oxidation sites excluding steroid dienone is 5. The smallest absolute Gasteiger partial charge is 0.326 e. The van der Waals surface area contributed by atoms with Crippen LogP contribution in [0.4, 0.5) is 8.78 Å². The third-order valence-corrected chi connectivity index (χ3v) is 9.40. The van der Waals surface area contributed by atoms with Crippen molar-refractivity contribution in [3.8, 4) is 0 Å². The summed E-state index contributed by atoms with van der Waals surface area (Å²) in [4.78, 5) is 39.9. The van der Waals surface area contributed by atoms with Gasteiger partial charge >= 0.3 is 5.97 Å². The number of halogens is 2. The molecule has 10 N–H and O–H groups in total. The first-order chi connectivity index (χ1) is 24.8. The predicted octanol–water partition coefficient (Wildman–Crippen LogP) is 3.17. The van der Waals surface area contributed by atoms with E-state index >= 15 is 8.78 Å². The second kappa shape index (κ2) is 23.9. The van der Waals surface area contributed by atoms with E-state index in [1.165, 1.54) is 26.0 Å². The number of carboxylic acids is 1. The van der Waals surface area contributed by atoms with Gasteiger partial charge in [0.25, 0.3) is 11.8 Å². The Kier molecular flexibility index (Phi) is 21.3. The Hall–Kier alpha value is -3.70.